The second-order valence-electron chi connectivity index (χ2n) is 6.28. The van der Waals surface area contributed by atoms with Gasteiger partial charge in [0.05, 0.1) is 16.8 Å². The summed E-state index contributed by atoms with van der Waals surface area (Å²) in [6.07, 6.45) is 0.707. The molecule has 3 rings (SSSR count). The molecule has 0 unspecified atom stereocenters. The van der Waals surface area contributed by atoms with Gasteiger partial charge in [0.25, 0.3) is 5.91 Å². The second-order valence-corrected chi connectivity index (χ2v) is 8.27. The first-order valence-electron chi connectivity index (χ1n) is 8.51. The van der Waals surface area contributed by atoms with Gasteiger partial charge in [-0.25, -0.2) is 8.42 Å². The third-order valence-corrected chi connectivity index (χ3v) is 6.07. The first kappa shape index (κ1) is 18.6. The lowest BCUT2D eigenvalue weighted by atomic mass is 10.1. The van der Waals surface area contributed by atoms with Gasteiger partial charge >= 0.3 is 0 Å². The Morgan fingerprint density at radius 1 is 1.08 bits per heavy atom. The van der Waals surface area contributed by atoms with Crippen LogP contribution in [0.25, 0.3) is 0 Å². The van der Waals surface area contributed by atoms with E-state index in [1.54, 1.807) is 54.6 Å². The van der Waals surface area contributed by atoms with Crippen LogP contribution >= 0.6 is 0 Å². The molecule has 0 aliphatic carbocycles. The summed E-state index contributed by atoms with van der Waals surface area (Å²) >= 11 is 0. The van der Waals surface area contributed by atoms with Crippen LogP contribution in [0.2, 0.25) is 0 Å². The van der Waals surface area contributed by atoms with Crippen LogP contribution in [-0.2, 0) is 25.1 Å². The first-order chi connectivity index (χ1) is 12.5. The maximum Gasteiger partial charge on any atom is 0.253 e. The summed E-state index contributed by atoms with van der Waals surface area (Å²) in [5.41, 5.74) is 6.60. The predicted octanol–water partition coefficient (Wildman–Crippen LogP) is 2.11. The average molecular weight is 374 g/mol. The monoisotopic (exact) mass is 374 g/mol. The van der Waals surface area contributed by atoms with Crippen molar-refractivity contribution in [2.24, 2.45) is 5.73 Å². The van der Waals surface area contributed by atoms with Crippen molar-refractivity contribution in [2.45, 2.75) is 35.7 Å². The highest BCUT2D eigenvalue weighted by Crippen LogP contribution is 2.24. The quantitative estimate of drug-likeness (QED) is 0.807. The number of hydrogen-bond donors (Lipinski definition) is 2. The Kier molecular flexibility index (Phi) is 5.70. The van der Waals surface area contributed by atoms with E-state index in [1.165, 1.54) is 0 Å². The molecular formula is C19H22N2O4S. The molecule has 1 saturated heterocycles. The van der Waals surface area contributed by atoms with E-state index in [-0.39, 0.29) is 22.7 Å². The minimum absolute atomic E-state index is 0.0977. The number of benzene rings is 2. The van der Waals surface area contributed by atoms with Gasteiger partial charge in [-0.3, -0.25) is 4.79 Å². The number of sulfone groups is 1. The highest BCUT2D eigenvalue weighted by atomic mass is 32.2. The molecule has 0 saturated carbocycles. The molecular weight excluding hydrogens is 352 g/mol. The first-order valence-corrected chi connectivity index (χ1v) is 10.2. The van der Waals surface area contributed by atoms with Gasteiger partial charge in [0.15, 0.2) is 9.84 Å². The number of para-hydroxylation sites is 1. The molecule has 0 aromatic heterocycles. The molecule has 3 N–H and O–H groups in total. The lowest BCUT2D eigenvalue weighted by Gasteiger charge is -2.15. The van der Waals surface area contributed by atoms with Crippen molar-refractivity contribution in [1.82, 2.24) is 0 Å². The topological polar surface area (TPSA) is 98.5 Å². The van der Waals surface area contributed by atoms with Crippen LogP contribution in [0, 0.1) is 0 Å². The maximum atomic E-state index is 12.6. The smallest absolute Gasteiger partial charge is 0.253 e. The van der Waals surface area contributed by atoms with Crippen LogP contribution in [0.1, 0.15) is 18.4 Å². The standard InChI is InChI=1S/C19H22N2O4S/c20-12-15-10-11-18(25-15)19(22)21-17-9-5-4-6-14(17)13-26(23,24)16-7-2-1-3-8-16/h1-9,15,18H,10-13,20H2,(H,21,22)/t15-,18+/m1/s1. The number of carbonyl (C=O) groups is 1. The number of anilines is 1. The number of hydrogen-bond acceptors (Lipinski definition) is 5. The Bertz CT molecular complexity index is 868. The van der Waals surface area contributed by atoms with Crippen molar-refractivity contribution in [3.8, 4) is 0 Å². The number of rotatable bonds is 6. The third kappa shape index (κ3) is 4.30. The fourth-order valence-corrected chi connectivity index (χ4v) is 4.37. The molecule has 26 heavy (non-hydrogen) atoms. The lowest BCUT2D eigenvalue weighted by molar-refractivity contribution is -0.126. The molecule has 0 spiro atoms. The average Bonchev–Trinajstić information content (AvgIpc) is 3.13. The Labute approximate surface area is 153 Å². The molecule has 2 aromatic rings. The van der Waals surface area contributed by atoms with E-state index in [0.717, 1.165) is 6.42 Å². The van der Waals surface area contributed by atoms with E-state index < -0.39 is 15.9 Å². The largest absolute Gasteiger partial charge is 0.364 e. The number of ether oxygens (including phenoxy) is 1. The van der Waals surface area contributed by atoms with Crippen molar-refractivity contribution in [2.75, 3.05) is 11.9 Å². The number of nitrogens with one attached hydrogen (secondary N) is 1. The van der Waals surface area contributed by atoms with E-state index in [2.05, 4.69) is 5.32 Å². The maximum absolute atomic E-state index is 12.6. The summed E-state index contributed by atoms with van der Waals surface area (Å²) in [5, 5.41) is 2.80. The van der Waals surface area contributed by atoms with Gasteiger partial charge in [0, 0.05) is 12.2 Å². The molecule has 2 atom stereocenters. The molecule has 1 aliphatic rings. The molecule has 1 aliphatic heterocycles. The highest BCUT2D eigenvalue weighted by Gasteiger charge is 2.30. The van der Waals surface area contributed by atoms with Crippen molar-refractivity contribution in [1.29, 1.82) is 0 Å². The fourth-order valence-electron chi connectivity index (χ4n) is 2.97. The van der Waals surface area contributed by atoms with Crippen LogP contribution in [0.3, 0.4) is 0 Å². The normalized spacial score (nSPS) is 20.0. The summed E-state index contributed by atoms with van der Waals surface area (Å²) in [4.78, 5) is 12.7. The van der Waals surface area contributed by atoms with E-state index >= 15 is 0 Å². The molecule has 1 heterocycles. The molecule has 0 bridgehead atoms. The SMILES string of the molecule is NC[C@H]1CC[C@@H](C(=O)Nc2ccccc2CS(=O)(=O)c2ccccc2)O1. The molecule has 6 nitrogen and oxygen atoms in total. The molecule has 2 aromatic carbocycles. The molecule has 1 amide bonds. The van der Waals surface area contributed by atoms with E-state index in [0.29, 0.717) is 24.2 Å². The van der Waals surface area contributed by atoms with Crippen LogP contribution < -0.4 is 11.1 Å². The van der Waals surface area contributed by atoms with Gasteiger partial charge in [0.1, 0.15) is 6.10 Å². The summed E-state index contributed by atoms with van der Waals surface area (Å²) in [6.45, 7) is 0.385. The minimum atomic E-state index is -3.50. The zero-order valence-corrected chi connectivity index (χ0v) is 15.1. The number of amides is 1. The summed E-state index contributed by atoms with van der Waals surface area (Å²) in [7, 11) is -3.50. The Balaban J connectivity index is 1.75. The van der Waals surface area contributed by atoms with Crippen LogP contribution in [0.5, 0.6) is 0 Å². The Morgan fingerprint density at radius 3 is 2.46 bits per heavy atom. The Hall–Kier alpha value is -2.22. The van der Waals surface area contributed by atoms with E-state index in [1.807, 2.05) is 0 Å². The minimum Gasteiger partial charge on any atom is -0.364 e. The predicted molar refractivity (Wildman–Crippen MR) is 99.4 cm³/mol. The van der Waals surface area contributed by atoms with E-state index in [4.69, 9.17) is 10.5 Å². The lowest BCUT2D eigenvalue weighted by Crippen LogP contribution is -2.30. The van der Waals surface area contributed by atoms with Crippen LogP contribution in [-0.4, -0.2) is 33.1 Å². The molecule has 7 heteroatoms. The van der Waals surface area contributed by atoms with Gasteiger partial charge in [-0.2, -0.15) is 0 Å². The molecule has 138 valence electrons. The zero-order chi connectivity index (χ0) is 18.6. The summed E-state index contributed by atoms with van der Waals surface area (Å²) in [6, 6.07) is 15.2. The van der Waals surface area contributed by atoms with E-state index in [9.17, 15) is 13.2 Å². The van der Waals surface area contributed by atoms with Crippen molar-refractivity contribution in [3.63, 3.8) is 0 Å². The van der Waals surface area contributed by atoms with Gasteiger partial charge in [-0.05, 0) is 36.6 Å². The van der Waals surface area contributed by atoms with Crippen LogP contribution in [0.4, 0.5) is 5.69 Å². The number of carbonyl (C=O) groups excluding carboxylic acids is 1. The van der Waals surface area contributed by atoms with Gasteiger partial charge in [0.2, 0.25) is 0 Å². The number of nitrogens with two attached hydrogens (primary N) is 1. The molecule has 1 fully saturated rings. The summed E-state index contributed by atoms with van der Waals surface area (Å²) in [5.74, 6) is -0.463. The van der Waals surface area contributed by atoms with Crippen molar-refractivity contribution < 1.29 is 17.9 Å². The van der Waals surface area contributed by atoms with Gasteiger partial charge < -0.3 is 15.8 Å². The highest BCUT2D eigenvalue weighted by molar-refractivity contribution is 7.90. The van der Waals surface area contributed by atoms with Crippen molar-refractivity contribution >= 4 is 21.4 Å². The summed E-state index contributed by atoms with van der Waals surface area (Å²) < 4.78 is 30.9. The van der Waals surface area contributed by atoms with Gasteiger partial charge in [-0.1, -0.05) is 36.4 Å². The molecule has 0 radical (unpaired) electrons. The van der Waals surface area contributed by atoms with Gasteiger partial charge in [-0.15, -0.1) is 0 Å². The third-order valence-electron chi connectivity index (χ3n) is 4.39. The Morgan fingerprint density at radius 2 is 1.77 bits per heavy atom. The fraction of sp³-hybridized carbons (Fsp3) is 0.316. The van der Waals surface area contributed by atoms with Crippen LogP contribution in [0.15, 0.2) is 59.5 Å². The zero-order valence-electron chi connectivity index (χ0n) is 14.3. The van der Waals surface area contributed by atoms with Crippen molar-refractivity contribution in [3.05, 3.63) is 60.2 Å². The second kappa shape index (κ2) is 7.99.